The molecule has 1 saturated carbocycles. The minimum atomic E-state index is 0.260. The Morgan fingerprint density at radius 3 is 2.60 bits per heavy atom. The van der Waals surface area contributed by atoms with E-state index >= 15 is 0 Å². The van der Waals surface area contributed by atoms with E-state index < -0.39 is 0 Å². The molecule has 1 atom stereocenters. The summed E-state index contributed by atoms with van der Waals surface area (Å²) in [6, 6.07) is 0.323. The summed E-state index contributed by atoms with van der Waals surface area (Å²) < 4.78 is 0. The number of amidine groups is 1. The summed E-state index contributed by atoms with van der Waals surface area (Å²) in [4.78, 5) is 0. The van der Waals surface area contributed by atoms with Crippen molar-refractivity contribution >= 4 is 5.84 Å². The minimum absolute atomic E-state index is 0.260. The second-order valence-corrected chi connectivity index (χ2v) is 4.81. The van der Waals surface area contributed by atoms with Crippen molar-refractivity contribution in [2.75, 3.05) is 0 Å². The molecule has 88 valence electrons. The van der Waals surface area contributed by atoms with E-state index in [0.29, 0.717) is 18.3 Å². The molecule has 0 saturated heterocycles. The van der Waals surface area contributed by atoms with Gasteiger partial charge in [0, 0.05) is 18.0 Å². The molecule has 0 bridgehead atoms. The first kappa shape index (κ1) is 12.3. The summed E-state index contributed by atoms with van der Waals surface area (Å²) in [5.74, 6) is 0.316. The Labute approximate surface area is 91.9 Å². The Bertz CT molecular complexity index is 222. The van der Waals surface area contributed by atoms with Gasteiger partial charge in [-0.1, -0.05) is 24.9 Å². The van der Waals surface area contributed by atoms with Crippen LogP contribution >= 0.6 is 0 Å². The Morgan fingerprint density at radius 1 is 1.53 bits per heavy atom. The molecule has 4 heteroatoms. The number of hydrogen-bond acceptors (Lipinski definition) is 3. The molecule has 0 amide bonds. The average molecular weight is 213 g/mol. The van der Waals surface area contributed by atoms with Gasteiger partial charge in [-0.25, -0.2) is 0 Å². The third-order valence-corrected chi connectivity index (χ3v) is 3.34. The van der Waals surface area contributed by atoms with Crippen molar-refractivity contribution in [2.45, 2.75) is 64.0 Å². The summed E-state index contributed by atoms with van der Waals surface area (Å²) in [5, 5.41) is 15.2. The van der Waals surface area contributed by atoms with Gasteiger partial charge in [-0.05, 0) is 26.2 Å². The minimum Gasteiger partial charge on any atom is -0.409 e. The van der Waals surface area contributed by atoms with E-state index in [-0.39, 0.29) is 5.54 Å². The normalized spacial score (nSPS) is 22.9. The van der Waals surface area contributed by atoms with Crippen LogP contribution in [0, 0.1) is 0 Å². The van der Waals surface area contributed by atoms with Gasteiger partial charge in [0.25, 0.3) is 0 Å². The van der Waals surface area contributed by atoms with Crippen molar-refractivity contribution in [1.29, 1.82) is 0 Å². The zero-order valence-corrected chi connectivity index (χ0v) is 9.79. The predicted octanol–water partition coefficient (Wildman–Crippen LogP) is 1.82. The first-order valence-electron chi connectivity index (χ1n) is 5.84. The molecule has 4 N–H and O–H groups in total. The van der Waals surface area contributed by atoms with Gasteiger partial charge in [0.2, 0.25) is 0 Å². The maximum atomic E-state index is 8.54. The Hall–Kier alpha value is -0.770. The van der Waals surface area contributed by atoms with Gasteiger partial charge in [0.1, 0.15) is 5.84 Å². The van der Waals surface area contributed by atoms with Crippen LogP contribution in [0.25, 0.3) is 0 Å². The van der Waals surface area contributed by atoms with Crippen LogP contribution in [0.1, 0.15) is 52.4 Å². The van der Waals surface area contributed by atoms with Gasteiger partial charge in [0.15, 0.2) is 0 Å². The van der Waals surface area contributed by atoms with Crippen LogP contribution in [0.2, 0.25) is 0 Å². The summed E-state index contributed by atoms with van der Waals surface area (Å²) in [6.45, 7) is 4.40. The molecular weight excluding hydrogens is 190 g/mol. The largest absolute Gasteiger partial charge is 0.409 e. The topological polar surface area (TPSA) is 70.6 Å². The molecule has 0 aliphatic heterocycles. The number of rotatable bonds is 5. The number of hydrogen-bond donors (Lipinski definition) is 3. The molecule has 1 aliphatic rings. The van der Waals surface area contributed by atoms with E-state index in [1.807, 2.05) is 0 Å². The maximum absolute atomic E-state index is 8.54. The van der Waals surface area contributed by atoms with Crippen LogP contribution < -0.4 is 11.1 Å². The van der Waals surface area contributed by atoms with Crippen LogP contribution in [-0.2, 0) is 0 Å². The third kappa shape index (κ3) is 3.70. The van der Waals surface area contributed by atoms with Gasteiger partial charge < -0.3 is 16.3 Å². The second-order valence-electron chi connectivity index (χ2n) is 4.81. The fourth-order valence-corrected chi connectivity index (χ4v) is 2.38. The van der Waals surface area contributed by atoms with Crippen LogP contribution in [0.3, 0.4) is 0 Å². The molecular formula is C11H23N3O. The summed E-state index contributed by atoms with van der Waals surface area (Å²) in [5.41, 5.74) is 5.79. The van der Waals surface area contributed by atoms with Crippen molar-refractivity contribution in [3.8, 4) is 0 Å². The van der Waals surface area contributed by atoms with Crippen molar-refractivity contribution in [1.82, 2.24) is 5.32 Å². The highest BCUT2D eigenvalue weighted by atomic mass is 16.4. The van der Waals surface area contributed by atoms with Crippen LogP contribution in [-0.4, -0.2) is 22.6 Å². The fourth-order valence-electron chi connectivity index (χ4n) is 2.38. The van der Waals surface area contributed by atoms with Gasteiger partial charge >= 0.3 is 0 Å². The van der Waals surface area contributed by atoms with Crippen molar-refractivity contribution in [3.05, 3.63) is 0 Å². The standard InChI is InChI=1S/C11H23N3O/c1-3-9(8-10(12)14-15)13-11(2)6-4-5-7-11/h9,13,15H,3-8H2,1-2H3,(H2,12,14). The van der Waals surface area contributed by atoms with Crippen molar-refractivity contribution in [3.63, 3.8) is 0 Å². The molecule has 0 heterocycles. The number of nitrogens with two attached hydrogens (primary N) is 1. The van der Waals surface area contributed by atoms with E-state index in [1.165, 1.54) is 25.7 Å². The van der Waals surface area contributed by atoms with Gasteiger partial charge in [-0.15, -0.1) is 0 Å². The molecule has 1 fully saturated rings. The zero-order chi connectivity index (χ0) is 11.3. The molecule has 1 aliphatic carbocycles. The molecule has 0 radical (unpaired) electrons. The number of oxime groups is 1. The van der Waals surface area contributed by atoms with E-state index in [1.54, 1.807) is 0 Å². The molecule has 0 aromatic carbocycles. The van der Waals surface area contributed by atoms with E-state index in [0.717, 1.165) is 6.42 Å². The molecule has 1 rings (SSSR count). The van der Waals surface area contributed by atoms with Gasteiger partial charge in [-0.2, -0.15) is 0 Å². The lowest BCUT2D eigenvalue weighted by Gasteiger charge is -2.31. The highest BCUT2D eigenvalue weighted by Crippen LogP contribution is 2.29. The monoisotopic (exact) mass is 213 g/mol. The Morgan fingerprint density at radius 2 is 2.13 bits per heavy atom. The number of nitrogens with zero attached hydrogens (tertiary/aromatic N) is 1. The third-order valence-electron chi connectivity index (χ3n) is 3.34. The molecule has 15 heavy (non-hydrogen) atoms. The molecule has 0 aromatic heterocycles. The lowest BCUT2D eigenvalue weighted by Crippen LogP contribution is -2.47. The summed E-state index contributed by atoms with van der Waals surface area (Å²) in [6.07, 6.45) is 6.72. The quantitative estimate of drug-likeness (QED) is 0.282. The summed E-state index contributed by atoms with van der Waals surface area (Å²) >= 11 is 0. The second kappa shape index (κ2) is 5.35. The lowest BCUT2D eigenvalue weighted by molar-refractivity contribution is 0.300. The van der Waals surface area contributed by atoms with Gasteiger partial charge in [0.05, 0.1) is 0 Å². The Kier molecular flexibility index (Phi) is 4.39. The SMILES string of the molecule is CCC(CC(N)=NO)NC1(C)CCCC1. The highest BCUT2D eigenvalue weighted by Gasteiger charge is 2.30. The lowest BCUT2D eigenvalue weighted by atomic mass is 9.97. The first-order valence-corrected chi connectivity index (χ1v) is 5.84. The van der Waals surface area contributed by atoms with Gasteiger partial charge in [-0.3, -0.25) is 0 Å². The number of nitrogens with one attached hydrogen (secondary N) is 1. The maximum Gasteiger partial charge on any atom is 0.140 e. The van der Waals surface area contributed by atoms with E-state index in [2.05, 4.69) is 24.3 Å². The summed E-state index contributed by atoms with van der Waals surface area (Å²) in [7, 11) is 0. The van der Waals surface area contributed by atoms with Crippen LogP contribution in [0.5, 0.6) is 0 Å². The van der Waals surface area contributed by atoms with Crippen LogP contribution in [0.15, 0.2) is 5.16 Å². The highest BCUT2D eigenvalue weighted by molar-refractivity contribution is 5.80. The predicted molar refractivity (Wildman–Crippen MR) is 62.1 cm³/mol. The molecule has 1 unspecified atom stereocenters. The van der Waals surface area contributed by atoms with E-state index in [4.69, 9.17) is 10.9 Å². The fraction of sp³-hybridized carbons (Fsp3) is 0.909. The van der Waals surface area contributed by atoms with Crippen molar-refractivity contribution in [2.24, 2.45) is 10.9 Å². The first-order chi connectivity index (χ1) is 7.09. The van der Waals surface area contributed by atoms with E-state index in [9.17, 15) is 0 Å². The van der Waals surface area contributed by atoms with Crippen molar-refractivity contribution < 1.29 is 5.21 Å². The Balaban J connectivity index is 2.45. The average Bonchev–Trinajstić information content (AvgIpc) is 2.63. The molecule has 4 nitrogen and oxygen atoms in total. The van der Waals surface area contributed by atoms with Crippen LogP contribution in [0.4, 0.5) is 0 Å². The molecule has 0 spiro atoms. The zero-order valence-electron chi connectivity index (χ0n) is 9.79. The molecule has 0 aromatic rings. The smallest absolute Gasteiger partial charge is 0.140 e.